The number of hydrogen-bond acceptors (Lipinski definition) is 4. The van der Waals surface area contributed by atoms with Crippen molar-refractivity contribution in [1.29, 1.82) is 0 Å². The quantitative estimate of drug-likeness (QED) is 0.637. The molecule has 2 amide bonds. The molecule has 1 atom stereocenters. The second-order valence-corrected chi connectivity index (χ2v) is 7.35. The van der Waals surface area contributed by atoms with Gasteiger partial charge in [0.15, 0.2) is 0 Å². The average molecular weight is 352 g/mol. The monoisotopic (exact) mass is 351 g/mol. The Hall–Kier alpha value is -1.40. The second kappa shape index (κ2) is 10.5. The molecule has 1 aliphatic heterocycles. The van der Waals surface area contributed by atoms with Crippen LogP contribution in [-0.2, 0) is 9.59 Å². The standard InChI is InChI=1S/C18H29N3O2S/c1-15(22)19-10-4-2-3-9-18(23)20-14-16(17-8-7-13-24-17)21-11-5-6-12-21/h7-8,13,16H,2-6,9-12,14H2,1H3,(H,19,22)(H,20,23). The van der Waals surface area contributed by atoms with Crippen molar-refractivity contribution >= 4 is 23.2 Å². The first-order valence-electron chi connectivity index (χ1n) is 8.95. The summed E-state index contributed by atoms with van der Waals surface area (Å²) in [4.78, 5) is 26.7. The summed E-state index contributed by atoms with van der Waals surface area (Å²) in [6, 6.07) is 4.57. The van der Waals surface area contributed by atoms with Crippen molar-refractivity contribution in [3.63, 3.8) is 0 Å². The van der Waals surface area contributed by atoms with Gasteiger partial charge in [-0.2, -0.15) is 0 Å². The first-order chi connectivity index (χ1) is 11.7. The molecule has 0 spiro atoms. The lowest BCUT2D eigenvalue weighted by Gasteiger charge is -2.26. The number of unbranched alkanes of at least 4 members (excludes halogenated alkanes) is 2. The van der Waals surface area contributed by atoms with Gasteiger partial charge in [0.1, 0.15) is 0 Å². The molecule has 0 aromatic carbocycles. The third kappa shape index (κ3) is 6.61. The molecule has 5 nitrogen and oxygen atoms in total. The maximum absolute atomic E-state index is 12.1. The summed E-state index contributed by atoms with van der Waals surface area (Å²) in [5.41, 5.74) is 0. The number of thiophene rings is 1. The van der Waals surface area contributed by atoms with Gasteiger partial charge >= 0.3 is 0 Å². The Morgan fingerprint density at radius 1 is 1.21 bits per heavy atom. The molecule has 2 N–H and O–H groups in total. The first kappa shape index (κ1) is 18.9. The van der Waals surface area contributed by atoms with Crippen LogP contribution in [-0.4, -0.2) is 42.9 Å². The van der Waals surface area contributed by atoms with Crippen LogP contribution in [0.15, 0.2) is 17.5 Å². The summed E-state index contributed by atoms with van der Waals surface area (Å²) in [6.45, 7) is 5.18. The largest absolute Gasteiger partial charge is 0.356 e. The van der Waals surface area contributed by atoms with Gasteiger partial charge in [-0.25, -0.2) is 0 Å². The van der Waals surface area contributed by atoms with Gasteiger partial charge < -0.3 is 10.6 Å². The highest BCUT2D eigenvalue weighted by Crippen LogP contribution is 2.27. The van der Waals surface area contributed by atoms with E-state index in [0.717, 1.165) is 32.4 Å². The molecule has 2 heterocycles. The Morgan fingerprint density at radius 3 is 2.67 bits per heavy atom. The Morgan fingerprint density at radius 2 is 2.00 bits per heavy atom. The normalized spacial score (nSPS) is 16.0. The van der Waals surface area contributed by atoms with Crippen molar-refractivity contribution in [2.45, 2.75) is 51.5 Å². The molecular formula is C18H29N3O2S. The molecule has 134 valence electrons. The van der Waals surface area contributed by atoms with Crippen molar-refractivity contribution in [3.8, 4) is 0 Å². The molecule has 24 heavy (non-hydrogen) atoms. The molecule has 0 radical (unpaired) electrons. The van der Waals surface area contributed by atoms with E-state index >= 15 is 0 Å². The molecule has 1 fully saturated rings. The van der Waals surface area contributed by atoms with Crippen molar-refractivity contribution in [3.05, 3.63) is 22.4 Å². The van der Waals surface area contributed by atoms with E-state index in [1.165, 1.54) is 24.6 Å². The van der Waals surface area contributed by atoms with Gasteiger partial charge in [-0.3, -0.25) is 14.5 Å². The maximum Gasteiger partial charge on any atom is 0.220 e. The summed E-state index contributed by atoms with van der Waals surface area (Å²) in [5.74, 6) is 0.143. The number of hydrogen-bond donors (Lipinski definition) is 2. The van der Waals surface area contributed by atoms with Crippen LogP contribution in [0, 0.1) is 0 Å². The van der Waals surface area contributed by atoms with Crippen molar-refractivity contribution < 1.29 is 9.59 Å². The van der Waals surface area contributed by atoms with Crippen LogP contribution in [0.4, 0.5) is 0 Å². The predicted octanol–water partition coefficient (Wildman–Crippen LogP) is 2.70. The minimum atomic E-state index is 0.00859. The van der Waals surface area contributed by atoms with Crippen LogP contribution >= 0.6 is 11.3 Å². The summed E-state index contributed by atoms with van der Waals surface area (Å²) >= 11 is 1.77. The molecular weight excluding hydrogens is 322 g/mol. The molecule has 1 unspecified atom stereocenters. The van der Waals surface area contributed by atoms with Crippen LogP contribution < -0.4 is 10.6 Å². The fraction of sp³-hybridized carbons (Fsp3) is 0.667. The number of nitrogens with zero attached hydrogens (tertiary/aromatic N) is 1. The van der Waals surface area contributed by atoms with Gasteiger partial charge in [0, 0.05) is 31.3 Å². The van der Waals surface area contributed by atoms with Crippen LogP contribution in [0.25, 0.3) is 0 Å². The molecule has 1 saturated heterocycles. The van der Waals surface area contributed by atoms with Gasteiger partial charge in [-0.15, -0.1) is 11.3 Å². The molecule has 1 aromatic heterocycles. The molecule has 1 aromatic rings. The number of carbonyl (C=O) groups is 2. The van der Waals surface area contributed by atoms with E-state index < -0.39 is 0 Å². The minimum absolute atomic E-state index is 0.00859. The maximum atomic E-state index is 12.1. The minimum Gasteiger partial charge on any atom is -0.356 e. The molecule has 0 aliphatic carbocycles. The highest BCUT2D eigenvalue weighted by Gasteiger charge is 2.24. The number of nitrogens with one attached hydrogen (secondary N) is 2. The summed E-state index contributed by atoms with van der Waals surface area (Å²) < 4.78 is 0. The predicted molar refractivity (Wildman–Crippen MR) is 98.0 cm³/mol. The van der Waals surface area contributed by atoms with E-state index in [1.807, 2.05) is 0 Å². The lowest BCUT2D eigenvalue weighted by atomic mass is 10.1. The van der Waals surface area contributed by atoms with Crippen molar-refractivity contribution in [2.24, 2.45) is 0 Å². The Labute approximate surface area is 148 Å². The van der Waals surface area contributed by atoms with E-state index in [1.54, 1.807) is 11.3 Å². The van der Waals surface area contributed by atoms with Crippen molar-refractivity contribution in [2.75, 3.05) is 26.2 Å². The zero-order valence-corrected chi connectivity index (χ0v) is 15.4. The average Bonchev–Trinajstić information content (AvgIpc) is 3.24. The van der Waals surface area contributed by atoms with Gasteiger partial charge in [0.05, 0.1) is 6.04 Å². The van der Waals surface area contributed by atoms with E-state index in [0.29, 0.717) is 25.6 Å². The third-order valence-electron chi connectivity index (χ3n) is 4.40. The molecule has 0 bridgehead atoms. The Balaban J connectivity index is 1.66. The number of amides is 2. The van der Waals surface area contributed by atoms with Crippen molar-refractivity contribution in [1.82, 2.24) is 15.5 Å². The lowest BCUT2D eigenvalue weighted by molar-refractivity contribution is -0.121. The lowest BCUT2D eigenvalue weighted by Crippen LogP contribution is -2.36. The van der Waals surface area contributed by atoms with E-state index in [2.05, 4.69) is 33.0 Å². The zero-order chi connectivity index (χ0) is 17.2. The highest BCUT2D eigenvalue weighted by molar-refractivity contribution is 7.10. The van der Waals surface area contributed by atoms with Gasteiger partial charge in [-0.1, -0.05) is 12.5 Å². The molecule has 2 rings (SSSR count). The first-order valence-corrected chi connectivity index (χ1v) is 9.83. The second-order valence-electron chi connectivity index (χ2n) is 6.37. The third-order valence-corrected chi connectivity index (χ3v) is 5.37. The summed E-state index contributed by atoms with van der Waals surface area (Å²) in [7, 11) is 0. The fourth-order valence-electron chi connectivity index (χ4n) is 3.09. The van der Waals surface area contributed by atoms with Gasteiger partial charge in [0.25, 0.3) is 0 Å². The fourth-order valence-corrected chi connectivity index (χ4v) is 3.96. The van der Waals surface area contributed by atoms with Crippen LogP contribution in [0.3, 0.4) is 0 Å². The number of rotatable bonds is 10. The van der Waals surface area contributed by atoms with Gasteiger partial charge in [-0.05, 0) is 50.2 Å². The van der Waals surface area contributed by atoms with E-state index in [-0.39, 0.29) is 11.8 Å². The molecule has 1 aliphatic rings. The Kier molecular flexibility index (Phi) is 8.25. The highest BCUT2D eigenvalue weighted by atomic mass is 32.1. The van der Waals surface area contributed by atoms with Gasteiger partial charge in [0.2, 0.25) is 11.8 Å². The molecule has 6 heteroatoms. The number of carbonyl (C=O) groups excluding carboxylic acids is 2. The number of likely N-dealkylation sites (tertiary alicyclic amines) is 1. The van der Waals surface area contributed by atoms with E-state index in [4.69, 9.17) is 0 Å². The summed E-state index contributed by atoms with van der Waals surface area (Å²) in [6.07, 6.45) is 5.84. The van der Waals surface area contributed by atoms with E-state index in [9.17, 15) is 9.59 Å². The topological polar surface area (TPSA) is 61.4 Å². The summed E-state index contributed by atoms with van der Waals surface area (Å²) in [5, 5.41) is 8.00. The van der Waals surface area contributed by atoms with Crippen LogP contribution in [0.1, 0.15) is 56.4 Å². The van der Waals surface area contributed by atoms with Crippen LogP contribution in [0.5, 0.6) is 0 Å². The zero-order valence-electron chi connectivity index (χ0n) is 14.6. The SMILES string of the molecule is CC(=O)NCCCCCC(=O)NCC(c1cccs1)N1CCCC1. The van der Waals surface area contributed by atoms with Crippen LogP contribution in [0.2, 0.25) is 0 Å². The molecule has 0 saturated carbocycles. The Bertz CT molecular complexity index is 498. The smallest absolute Gasteiger partial charge is 0.220 e.